The Labute approximate surface area is 259 Å². The highest BCUT2D eigenvalue weighted by molar-refractivity contribution is 5.72. The molecule has 0 amide bonds. The highest BCUT2D eigenvalue weighted by Gasteiger charge is 2.35. The topological polar surface area (TPSA) is 40.5 Å². The molecule has 1 saturated carbocycles. The van der Waals surface area contributed by atoms with E-state index in [-0.39, 0.29) is 16.9 Å². The molecule has 216 valence electrons. The van der Waals surface area contributed by atoms with Gasteiger partial charge in [-0.25, -0.2) is 0 Å². The molecule has 0 aromatic heterocycles. The molecule has 2 nitrogen and oxygen atoms in total. The van der Waals surface area contributed by atoms with E-state index in [4.69, 9.17) is 0 Å². The van der Waals surface area contributed by atoms with Crippen LogP contribution < -0.4 is 0 Å². The molecule has 0 heterocycles. The van der Waals surface area contributed by atoms with Gasteiger partial charge in [-0.1, -0.05) is 141 Å². The van der Waals surface area contributed by atoms with Gasteiger partial charge in [-0.15, -0.1) is 0 Å². The number of phenolic OH excluding ortho intramolecular Hbond substituents is 2. The smallest absolute Gasteiger partial charge is 0.115 e. The molecule has 1 aliphatic carbocycles. The largest absolute Gasteiger partial charge is 0.508 e. The van der Waals surface area contributed by atoms with Crippen LogP contribution in [0.3, 0.4) is 0 Å². The van der Waals surface area contributed by atoms with E-state index in [0.29, 0.717) is 0 Å². The Bertz CT molecular complexity index is 1690. The molecule has 0 saturated heterocycles. The van der Waals surface area contributed by atoms with Crippen molar-refractivity contribution < 1.29 is 10.2 Å². The Morgan fingerprint density at radius 1 is 0.295 bits per heavy atom. The molecule has 6 aromatic carbocycles. The standard InChI is InChI=1S/C42H36O2/c43-40-24-16-36(17-25-40)32-8-4-30(5-9-32)34-12-20-38(21-13-34)42(28-2-1-3-29-42)39-22-14-35(15-23-39)31-6-10-33(11-7-31)37-18-26-41(44)27-19-37/h4-27,43-44H,1-3,28-29H2. The van der Waals surface area contributed by atoms with Gasteiger partial charge in [-0.3, -0.25) is 0 Å². The van der Waals surface area contributed by atoms with E-state index in [9.17, 15) is 10.2 Å². The first-order valence-corrected chi connectivity index (χ1v) is 15.6. The van der Waals surface area contributed by atoms with Gasteiger partial charge in [-0.05, 0) is 92.7 Å². The summed E-state index contributed by atoms with van der Waals surface area (Å²) in [6.07, 6.45) is 6.16. The average Bonchev–Trinajstić information content (AvgIpc) is 3.10. The lowest BCUT2D eigenvalue weighted by atomic mass is 9.65. The lowest BCUT2D eigenvalue weighted by Gasteiger charge is -2.39. The lowest BCUT2D eigenvalue weighted by molar-refractivity contribution is 0.346. The van der Waals surface area contributed by atoms with Crippen molar-refractivity contribution in [3.05, 3.63) is 157 Å². The minimum absolute atomic E-state index is 0.0424. The zero-order valence-corrected chi connectivity index (χ0v) is 24.8. The van der Waals surface area contributed by atoms with E-state index < -0.39 is 0 Å². The van der Waals surface area contributed by atoms with Crippen molar-refractivity contribution in [3.63, 3.8) is 0 Å². The summed E-state index contributed by atoms with van der Waals surface area (Å²) in [6.45, 7) is 0. The molecule has 2 heteroatoms. The van der Waals surface area contributed by atoms with Crippen molar-refractivity contribution in [1.29, 1.82) is 0 Å². The van der Waals surface area contributed by atoms with Crippen molar-refractivity contribution >= 4 is 0 Å². The highest BCUT2D eigenvalue weighted by atomic mass is 16.3. The maximum absolute atomic E-state index is 9.61. The summed E-state index contributed by atoms with van der Waals surface area (Å²) in [5, 5.41) is 19.2. The zero-order valence-electron chi connectivity index (χ0n) is 24.8. The summed E-state index contributed by atoms with van der Waals surface area (Å²) >= 11 is 0. The third-order valence-electron chi connectivity index (χ3n) is 9.42. The Morgan fingerprint density at radius 2 is 0.523 bits per heavy atom. The van der Waals surface area contributed by atoms with Crippen LogP contribution in [0.15, 0.2) is 146 Å². The van der Waals surface area contributed by atoms with Crippen LogP contribution in [0.2, 0.25) is 0 Å². The van der Waals surface area contributed by atoms with Gasteiger partial charge in [0.05, 0.1) is 0 Å². The predicted molar refractivity (Wildman–Crippen MR) is 182 cm³/mol. The van der Waals surface area contributed by atoms with Crippen LogP contribution in [0, 0.1) is 0 Å². The molecule has 0 aliphatic heterocycles. The first-order valence-electron chi connectivity index (χ1n) is 15.6. The molecular formula is C42H36O2. The van der Waals surface area contributed by atoms with Crippen molar-refractivity contribution in [2.75, 3.05) is 0 Å². The van der Waals surface area contributed by atoms with Crippen LogP contribution in [0.25, 0.3) is 44.5 Å². The molecule has 2 N–H and O–H groups in total. The van der Waals surface area contributed by atoms with Crippen molar-refractivity contribution in [1.82, 2.24) is 0 Å². The summed E-state index contributed by atoms with van der Waals surface area (Å²) in [7, 11) is 0. The number of aromatic hydroxyl groups is 2. The highest BCUT2D eigenvalue weighted by Crippen LogP contribution is 2.45. The maximum Gasteiger partial charge on any atom is 0.115 e. The quantitative estimate of drug-likeness (QED) is 0.208. The molecular weight excluding hydrogens is 536 g/mol. The van der Waals surface area contributed by atoms with E-state index in [2.05, 4.69) is 97.1 Å². The molecule has 44 heavy (non-hydrogen) atoms. The number of hydrogen-bond donors (Lipinski definition) is 2. The Balaban J connectivity index is 1.12. The first kappa shape index (κ1) is 27.7. The van der Waals surface area contributed by atoms with Crippen LogP contribution in [0.4, 0.5) is 0 Å². The van der Waals surface area contributed by atoms with Gasteiger partial charge in [0, 0.05) is 5.41 Å². The molecule has 0 spiro atoms. The normalized spacial score (nSPS) is 14.3. The van der Waals surface area contributed by atoms with Crippen LogP contribution in [0.5, 0.6) is 11.5 Å². The van der Waals surface area contributed by atoms with E-state index in [1.807, 2.05) is 24.3 Å². The molecule has 1 aliphatic rings. The summed E-state index contributed by atoms with van der Waals surface area (Å²) < 4.78 is 0. The third kappa shape index (κ3) is 5.52. The van der Waals surface area contributed by atoms with Crippen LogP contribution in [-0.4, -0.2) is 10.2 Å². The second-order valence-corrected chi connectivity index (χ2v) is 12.0. The molecule has 0 bridgehead atoms. The van der Waals surface area contributed by atoms with Gasteiger partial charge in [-0.2, -0.15) is 0 Å². The first-order chi connectivity index (χ1) is 21.6. The molecule has 7 rings (SSSR count). The number of hydrogen-bond acceptors (Lipinski definition) is 2. The fraction of sp³-hybridized carbons (Fsp3) is 0.143. The van der Waals surface area contributed by atoms with Crippen molar-refractivity contribution in [3.8, 4) is 56.0 Å². The van der Waals surface area contributed by atoms with Crippen LogP contribution >= 0.6 is 0 Å². The fourth-order valence-electron chi connectivity index (χ4n) is 6.88. The van der Waals surface area contributed by atoms with Gasteiger partial charge >= 0.3 is 0 Å². The van der Waals surface area contributed by atoms with E-state index >= 15 is 0 Å². The minimum Gasteiger partial charge on any atom is -0.508 e. The Kier molecular flexibility index (Phi) is 7.50. The number of rotatable bonds is 6. The third-order valence-corrected chi connectivity index (χ3v) is 9.42. The summed E-state index contributed by atoms with van der Waals surface area (Å²) in [5.41, 5.74) is 12.2. The van der Waals surface area contributed by atoms with Gasteiger partial charge in [0.2, 0.25) is 0 Å². The second-order valence-electron chi connectivity index (χ2n) is 12.0. The minimum atomic E-state index is 0.0424. The number of benzene rings is 6. The lowest BCUT2D eigenvalue weighted by Crippen LogP contribution is -2.30. The molecule has 6 aromatic rings. The second kappa shape index (κ2) is 11.9. The van der Waals surface area contributed by atoms with Crippen LogP contribution in [0.1, 0.15) is 43.2 Å². The van der Waals surface area contributed by atoms with Crippen molar-refractivity contribution in [2.24, 2.45) is 0 Å². The maximum atomic E-state index is 9.61. The Hall–Kier alpha value is -5.08. The fourth-order valence-corrected chi connectivity index (χ4v) is 6.88. The molecule has 1 fully saturated rings. The van der Waals surface area contributed by atoms with Gasteiger partial charge < -0.3 is 10.2 Å². The molecule has 0 unspecified atom stereocenters. The summed E-state index contributed by atoms with van der Waals surface area (Å²) in [5.74, 6) is 0.573. The Morgan fingerprint density at radius 3 is 0.795 bits per heavy atom. The van der Waals surface area contributed by atoms with E-state index in [0.717, 1.165) is 22.3 Å². The predicted octanol–water partition coefficient (Wildman–Crippen LogP) is 11.0. The van der Waals surface area contributed by atoms with E-state index in [1.165, 1.54) is 65.5 Å². The summed E-state index contributed by atoms with van der Waals surface area (Å²) in [4.78, 5) is 0. The van der Waals surface area contributed by atoms with Gasteiger partial charge in [0.25, 0.3) is 0 Å². The number of phenols is 2. The molecule has 0 atom stereocenters. The SMILES string of the molecule is Oc1ccc(-c2ccc(-c3ccc(C4(c5ccc(-c6ccc(-c7ccc(O)cc7)cc6)cc5)CCCCC4)cc3)cc2)cc1. The van der Waals surface area contributed by atoms with Crippen molar-refractivity contribution in [2.45, 2.75) is 37.5 Å². The zero-order chi connectivity index (χ0) is 29.9. The average molecular weight is 573 g/mol. The van der Waals surface area contributed by atoms with Gasteiger partial charge in [0.1, 0.15) is 11.5 Å². The summed E-state index contributed by atoms with van der Waals surface area (Å²) in [6, 6.07) is 50.6. The van der Waals surface area contributed by atoms with E-state index in [1.54, 1.807) is 24.3 Å². The van der Waals surface area contributed by atoms with Gasteiger partial charge in [0.15, 0.2) is 0 Å². The molecule has 0 radical (unpaired) electrons. The monoisotopic (exact) mass is 572 g/mol. The van der Waals surface area contributed by atoms with Crippen LogP contribution in [-0.2, 0) is 5.41 Å².